The highest BCUT2D eigenvalue weighted by molar-refractivity contribution is 5.78. The summed E-state index contributed by atoms with van der Waals surface area (Å²) in [5.41, 5.74) is 0. The number of likely N-dealkylation sites (N-methyl/N-ethyl adjacent to an activating group) is 1. The van der Waals surface area contributed by atoms with Crippen LogP contribution in [0.5, 0.6) is 0 Å². The zero-order valence-electron chi connectivity index (χ0n) is 7.95. The van der Waals surface area contributed by atoms with E-state index in [1.54, 1.807) is 6.92 Å². The third kappa shape index (κ3) is 5.19. The maximum atomic E-state index is 11.2. The normalized spacial score (nSPS) is 9.69. The fourth-order valence-corrected chi connectivity index (χ4v) is 0.905. The predicted molar refractivity (Wildman–Crippen MR) is 46.4 cm³/mol. The van der Waals surface area contributed by atoms with E-state index in [1.807, 2.05) is 0 Å². The van der Waals surface area contributed by atoms with Crippen molar-refractivity contribution in [1.82, 2.24) is 4.90 Å². The van der Waals surface area contributed by atoms with Crippen molar-refractivity contribution < 1.29 is 19.4 Å². The van der Waals surface area contributed by atoms with Crippen LogP contribution in [0.3, 0.4) is 0 Å². The van der Waals surface area contributed by atoms with Crippen LogP contribution in [-0.4, -0.2) is 48.7 Å². The van der Waals surface area contributed by atoms with Crippen LogP contribution in [0, 0.1) is 0 Å². The first-order chi connectivity index (χ1) is 6.11. The van der Waals surface area contributed by atoms with Crippen molar-refractivity contribution in [1.29, 1.82) is 0 Å². The molecular weight excluding hydrogens is 174 g/mol. The van der Waals surface area contributed by atoms with Crippen LogP contribution in [0.15, 0.2) is 0 Å². The Morgan fingerprint density at radius 3 is 2.46 bits per heavy atom. The molecule has 0 unspecified atom stereocenters. The van der Waals surface area contributed by atoms with Gasteiger partial charge in [0.1, 0.15) is 6.61 Å². The number of aliphatic carboxylic acids is 1. The molecule has 0 aliphatic heterocycles. The van der Waals surface area contributed by atoms with Gasteiger partial charge in [0.15, 0.2) is 0 Å². The Balaban J connectivity index is 3.87. The second-order valence-corrected chi connectivity index (χ2v) is 2.55. The second-order valence-electron chi connectivity index (χ2n) is 2.55. The summed E-state index contributed by atoms with van der Waals surface area (Å²) in [6.45, 7) is 2.56. The monoisotopic (exact) mass is 189 g/mol. The maximum Gasteiger partial charge on any atom is 0.305 e. The van der Waals surface area contributed by atoms with Crippen LogP contribution in [0.25, 0.3) is 0 Å². The van der Waals surface area contributed by atoms with E-state index in [9.17, 15) is 9.59 Å². The number of carbonyl (C=O) groups is 2. The van der Waals surface area contributed by atoms with Gasteiger partial charge >= 0.3 is 5.97 Å². The van der Waals surface area contributed by atoms with Crippen LogP contribution >= 0.6 is 0 Å². The smallest absolute Gasteiger partial charge is 0.305 e. The maximum absolute atomic E-state index is 11.2. The first kappa shape index (κ1) is 11.9. The minimum absolute atomic E-state index is 0.00740. The van der Waals surface area contributed by atoms with E-state index >= 15 is 0 Å². The number of nitrogens with zero attached hydrogens (tertiary/aromatic N) is 1. The quantitative estimate of drug-likeness (QED) is 0.636. The zero-order valence-corrected chi connectivity index (χ0v) is 7.95. The van der Waals surface area contributed by atoms with Crippen molar-refractivity contribution in [3.05, 3.63) is 0 Å². The molecule has 0 saturated carbocycles. The number of hydrogen-bond acceptors (Lipinski definition) is 3. The lowest BCUT2D eigenvalue weighted by Crippen LogP contribution is -2.35. The number of hydrogen-bond donors (Lipinski definition) is 1. The van der Waals surface area contributed by atoms with Crippen LogP contribution in [0.4, 0.5) is 0 Å². The number of methoxy groups -OCH3 is 1. The third-order valence-electron chi connectivity index (χ3n) is 1.60. The minimum atomic E-state index is -0.899. The molecule has 1 amide bonds. The molecule has 0 bridgehead atoms. The molecule has 0 aliphatic carbocycles. The van der Waals surface area contributed by atoms with Crippen molar-refractivity contribution in [2.75, 3.05) is 26.8 Å². The largest absolute Gasteiger partial charge is 0.481 e. The van der Waals surface area contributed by atoms with E-state index in [0.29, 0.717) is 6.54 Å². The minimum Gasteiger partial charge on any atom is -0.481 e. The molecule has 76 valence electrons. The molecule has 5 nitrogen and oxygen atoms in total. The van der Waals surface area contributed by atoms with Gasteiger partial charge in [0.25, 0.3) is 0 Å². The van der Waals surface area contributed by atoms with E-state index in [-0.39, 0.29) is 25.5 Å². The number of amides is 1. The molecular formula is C8H15NO4. The molecule has 1 N–H and O–H groups in total. The summed E-state index contributed by atoms with van der Waals surface area (Å²) in [4.78, 5) is 22.9. The van der Waals surface area contributed by atoms with Gasteiger partial charge in [0, 0.05) is 20.2 Å². The van der Waals surface area contributed by atoms with Crippen LogP contribution < -0.4 is 0 Å². The number of carboxylic acids is 1. The molecule has 0 aromatic carbocycles. The molecule has 0 fully saturated rings. The molecule has 0 aromatic rings. The Kier molecular flexibility index (Phi) is 5.88. The number of ether oxygens (including phenoxy) is 1. The Morgan fingerprint density at radius 2 is 2.08 bits per heavy atom. The van der Waals surface area contributed by atoms with Crippen LogP contribution in [-0.2, 0) is 14.3 Å². The lowest BCUT2D eigenvalue weighted by atomic mass is 10.3. The molecule has 0 atom stereocenters. The van der Waals surface area contributed by atoms with Crippen molar-refractivity contribution in [3.8, 4) is 0 Å². The van der Waals surface area contributed by atoms with Crippen molar-refractivity contribution >= 4 is 11.9 Å². The standard InChI is InChI=1S/C8H15NO4/c1-3-9(5-4-8(11)12)7(10)6-13-2/h3-6H2,1-2H3,(H,11,12). The van der Waals surface area contributed by atoms with Gasteiger partial charge < -0.3 is 14.7 Å². The first-order valence-corrected chi connectivity index (χ1v) is 4.10. The average Bonchev–Trinajstić information content (AvgIpc) is 2.05. The predicted octanol–water partition coefficient (Wildman–Crippen LogP) is -0.0440. The van der Waals surface area contributed by atoms with Crippen molar-refractivity contribution in [3.63, 3.8) is 0 Å². The molecule has 5 heteroatoms. The lowest BCUT2D eigenvalue weighted by molar-refractivity contribution is -0.139. The third-order valence-corrected chi connectivity index (χ3v) is 1.60. The van der Waals surface area contributed by atoms with Crippen LogP contribution in [0.1, 0.15) is 13.3 Å². The molecule has 0 saturated heterocycles. The Bertz CT molecular complexity index is 181. The highest BCUT2D eigenvalue weighted by atomic mass is 16.5. The topological polar surface area (TPSA) is 66.8 Å². The van der Waals surface area contributed by atoms with Gasteiger partial charge in [-0.2, -0.15) is 0 Å². The summed E-state index contributed by atoms with van der Waals surface area (Å²) < 4.78 is 4.65. The fraction of sp³-hybridized carbons (Fsp3) is 0.750. The summed E-state index contributed by atoms with van der Waals surface area (Å²) in [7, 11) is 1.43. The molecule has 0 spiro atoms. The molecule has 0 rings (SSSR count). The molecule has 0 aromatic heterocycles. The Labute approximate surface area is 77.3 Å². The molecule has 0 heterocycles. The highest BCUT2D eigenvalue weighted by Gasteiger charge is 2.11. The van der Waals surface area contributed by atoms with Crippen LogP contribution in [0.2, 0.25) is 0 Å². The Hall–Kier alpha value is -1.10. The van der Waals surface area contributed by atoms with E-state index < -0.39 is 5.97 Å². The summed E-state index contributed by atoms with van der Waals surface area (Å²) in [5.74, 6) is -1.07. The van der Waals surface area contributed by atoms with Gasteiger partial charge in [0.05, 0.1) is 6.42 Å². The number of rotatable bonds is 6. The average molecular weight is 189 g/mol. The second kappa shape index (κ2) is 6.42. The van der Waals surface area contributed by atoms with E-state index in [1.165, 1.54) is 12.0 Å². The van der Waals surface area contributed by atoms with Gasteiger partial charge in [-0.05, 0) is 6.92 Å². The van der Waals surface area contributed by atoms with Gasteiger partial charge in [-0.25, -0.2) is 0 Å². The summed E-state index contributed by atoms with van der Waals surface area (Å²) in [6.07, 6.45) is -0.0245. The highest BCUT2D eigenvalue weighted by Crippen LogP contribution is 1.93. The summed E-state index contributed by atoms with van der Waals surface area (Å²) in [6, 6.07) is 0. The SMILES string of the molecule is CCN(CCC(=O)O)C(=O)COC. The first-order valence-electron chi connectivity index (χ1n) is 4.10. The lowest BCUT2D eigenvalue weighted by Gasteiger charge is -2.19. The van der Waals surface area contributed by atoms with Gasteiger partial charge in [-0.1, -0.05) is 0 Å². The van der Waals surface area contributed by atoms with Crippen molar-refractivity contribution in [2.24, 2.45) is 0 Å². The van der Waals surface area contributed by atoms with Gasteiger partial charge in [-0.15, -0.1) is 0 Å². The van der Waals surface area contributed by atoms with E-state index in [2.05, 4.69) is 4.74 Å². The van der Waals surface area contributed by atoms with Gasteiger partial charge in [0.2, 0.25) is 5.91 Å². The Morgan fingerprint density at radius 1 is 1.46 bits per heavy atom. The summed E-state index contributed by atoms with van der Waals surface area (Å²) >= 11 is 0. The number of carbonyl (C=O) groups excluding carboxylic acids is 1. The van der Waals surface area contributed by atoms with E-state index in [0.717, 1.165) is 0 Å². The van der Waals surface area contributed by atoms with Crippen molar-refractivity contribution in [2.45, 2.75) is 13.3 Å². The van der Waals surface area contributed by atoms with Gasteiger partial charge in [-0.3, -0.25) is 9.59 Å². The number of carboxylic acid groups (broad SMARTS) is 1. The fourth-order valence-electron chi connectivity index (χ4n) is 0.905. The summed E-state index contributed by atoms with van der Waals surface area (Å²) in [5, 5.41) is 8.40. The molecule has 0 aliphatic rings. The van der Waals surface area contributed by atoms with E-state index in [4.69, 9.17) is 5.11 Å². The molecule has 0 radical (unpaired) electrons. The zero-order chi connectivity index (χ0) is 10.3. The molecule has 13 heavy (non-hydrogen) atoms.